The number of nitrogen functional groups attached to an aromatic ring is 1. The number of carbonyl (C=O) groups excluding carboxylic acids is 2. The number of anilines is 1. The van der Waals surface area contributed by atoms with Gasteiger partial charge in [-0.15, -0.1) is 0 Å². The van der Waals surface area contributed by atoms with Crippen LogP contribution in [0.15, 0.2) is 114 Å². The van der Waals surface area contributed by atoms with Crippen LogP contribution in [0.5, 0.6) is 0 Å². The average molecular weight is 956 g/mol. The number of para-hydroxylation sites is 1. The van der Waals surface area contributed by atoms with Gasteiger partial charge in [-0.2, -0.15) is 0 Å². The first-order valence-corrected chi connectivity index (χ1v) is 29.1. The zero-order valence-electron chi connectivity index (χ0n) is 45.1. The molecule has 0 bridgehead atoms. The Morgan fingerprint density at radius 1 is 0.386 bits per heavy atom. The van der Waals surface area contributed by atoms with Gasteiger partial charge in [-0.1, -0.05) is 316 Å². The van der Waals surface area contributed by atoms with E-state index in [0.29, 0.717) is 18.7 Å². The molecule has 0 aliphatic carbocycles. The Hall–Kier alpha value is -4.27. The standard InChI is InChI=1S/C34H52O.C19H37NO.C13H13N/c1-2-3-4-5-6-7-8-9-10-11-12-13-14-15-16-17-21-28-34(35)30-33-27-23-22-26-32(33)29-31-24-19-18-20-25-31;1-2-3-4-5-6-7-8-9-10-11-12-13-14-15-16-17-18-20-19-21;14-13-9-5-4-8-12(13)10-11-6-2-1-3-7-11/h18-20,22-27H,2-17,21,28-30H2,1H3;2-18H2,1H3;1-9H,10,14H2. The Kier molecular flexibility index (Phi) is 41.6. The molecule has 0 unspecified atom stereocenters. The summed E-state index contributed by atoms with van der Waals surface area (Å²) in [5.41, 5.74) is 13.0. The summed E-state index contributed by atoms with van der Waals surface area (Å²) in [5, 5.41) is 0. The molecule has 0 saturated carbocycles. The molecule has 0 fully saturated rings. The maximum atomic E-state index is 12.6. The predicted octanol–water partition coefficient (Wildman–Crippen LogP) is 19.9. The van der Waals surface area contributed by atoms with E-state index in [1.807, 2.05) is 24.3 Å². The lowest BCUT2D eigenvalue weighted by molar-refractivity contribution is -0.118. The van der Waals surface area contributed by atoms with Gasteiger partial charge >= 0.3 is 0 Å². The second-order valence-electron chi connectivity index (χ2n) is 20.2. The average Bonchev–Trinajstić information content (AvgIpc) is 3.38. The first kappa shape index (κ1) is 61.8. The molecule has 0 heterocycles. The third-order valence-corrected chi connectivity index (χ3v) is 13.8. The fourth-order valence-corrected chi connectivity index (χ4v) is 9.36. The second kappa shape index (κ2) is 47.1. The molecule has 4 aromatic carbocycles. The Bertz CT molecular complexity index is 1800. The highest BCUT2D eigenvalue weighted by Crippen LogP contribution is 2.19. The van der Waals surface area contributed by atoms with Gasteiger partial charge in [-0.3, -0.25) is 4.79 Å². The third-order valence-electron chi connectivity index (χ3n) is 13.8. The molecule has 4 nitrogen and oxygen atoms in total. The molecule has 4 aromatic rings. The van der Waals surface area contributed by atoms with Crippen molar-refractivity contribution < 1.29 is 9.59 Å². The van der Waals surface area contributed by atoms with E-state index in [9.17, 15) is 9.59 Å². The minimum Gasteiger partial charge on any atom is -0.398 e. The van der Waals surface area contributed by atoms with Gasteiger partial charge in [-0.25, -0.2) is 9.79 Å². The molecule has 4 rings (SSSR count). The smallest absolute Gasteiger partial charge is 0.234 e. The number of unbranched alkanes of at least 4 members (excludes halogenated alkanes) is 31. The SMILES string of the molecule is CCCCCCCCCCCCCCCCCCCC(=O)Cc1ccccc1Cc1ccccc1.CCCCCCCCCCCCCCCCCCN=C=O.Nc1ccccc1Cc1ccccc1. The number of Topliss-reactive ketones (excluding diaryl/α,β-unsaturated/α-hetero) is 1. The van der Waals surface area contributed by atoms with Crippen LogP contribution in [0.2, 0.25) is 0 Å². The molecule has 388 valence electrons. The molecule has 0 radical (unpaired) electrons. The molecule has 70 heavy (non-hydrogen) atoms. The van der Waals surface area contributed by atoms with Crippen molar-refractivity contribution in [2.24, 2.45) is 4.99 Å². The van der Waals surface area contributed by atoms with Crippen molar-refractivity contribution in [1.29, 1.82) is 0 Å². The fraction of sp³-hybridized carbons (Fsp3) is 0.606. The van der Waals surface area contributed by atoms with E-state index in [1.165, 1.54) is 227 Å². The number of isocyanates is 1. The third kappa shape index (κ3) is 36.6. The lowest BCUT2D eigenvalue weighted by Gasteiger charge is -2.09. The molecule has 0 aliphatic heterocycles. The Balaban J connectivity index is 0.000000403. The van der Waals surface area contributed by atoms with Crippen molar-refractivity contribution in [3.8, 4) is 0 Å². The molecular weight excluding hydrogens is 853 g/mol. The van der Waals surface area contributed by atoms with Crippen molar-refractivity contribution in [3.05, 3.63) is 137 Å². The summed E-state index contributed by atoms with van der Waals surface area (Å²) in [4.78, 5) is 26.0. The lowest BCUT2D eigenvalue weighted by atomic mass is 9.95. The van der Waals surface area contributed by atoms with E-state index < -0.39 is 0 Å². The van der Waals surface area contributed by atoms with Crippen LogP contribution in [0.3, 0.4) is 0 Å². The maximum Gasteiger partial charge on any atom is 0.234 e. The molecule has 0 spiro atoms. The Morgan fingerprint density at radius 3 is 1.09 bits per heavy atom. The van der Waals surface area contributed by atoms with E-state index in [0.717, 1.165) is 37.8 Å². The first-order chi connectivity index (χ1) is 34.6. The van der Waals surface area contributed by atoms with Crippen LogP contribution in [0, 0.1) is 0 Å². The number of hydrogen-bond donors (Lipinski definition) is 1. The summed E-state index contributed by atoms with van der Waals surface area (Å²) in [6.45, 7) is 5.24. The maximum absolute atomic E-state index is 12.6. The van der Waals surface area contributed by atoms with Crippen LogP contribution in [-0.2, 0) is 28.9 Å². The van der Waals surface area contributed by atoms with E-state index in [2.05, 4.69) is 104 Å². The summed E-state index contributed by atoms with van der Waals surface area (Å²) in [6, 6.07) is 37.4. The number of ketones is 1. The van der Waals surface area contributed by atoms with Gasteiger partial charge in [-0.05, 0) is 59.6 Å². The number of hydrogen-bond acceptors (Lipinski definition) is 4. The van der Waals surface area contributed by atoms with Crippen molar-refractivity contribution in [3.63, 3.8) is 0 Å². The van der Waals surface area contributed by atoms with Crippen molar-refractivity contribution in [1.82, 2.24) is 0 Å². The summed E-state index contributed by atoms with van der Waals surface area (Å²) < 4.78 is 0. The predicted molar refractivity (Wildman–Crippen MR) is 306 cm³/mol. The molecule has 0 aliphatic rings. The number of aliphatic imine (C=N–C) groups is 1. The molecule has 4 heteroatoms. The van der Waals surface area contributed by atoms with Crippen LogP contribution >= 0.6 is 0 Å². The van der Waals surface area contributed by atoms with Crippen LogP contribution in [0.1, 0.15) is 260 Å². The van der Waals surface area contributed by atoms with Gasteiger partial charge in [0.15, 0.2) is 0 Å². The molecule has 0 aromatic heterocycles. The van der Waals surface area contributed by atoms with Gasteiger partial charge in [0, 0.05) is 18.5 Å². The highest BCUT2D eigenvalue weighted by Gasteiger charge is 2.09. The summed E-state index contributed by atoms with van der Waals surface area (Å²) >= 11 is 0. The minimum absolute atomic E-state index is 0.395. The van der Waals surface area contributed by atoms with Gasteiger partial charge < -0.3 is 5.73 Å². The first-order valence-electron chi connectivity index (χ1n) is 29.1. The van der Waals surface area contributed by atoms with Crippen LogP contribution in [-0.4, -0.2) is 18.4 Å². The van der Waals surface area contributed by atoms with Crippen molar-refractivity contribution in [2.75, 3.05) is 12.3 Å². The van der Waals surface area contributed by atoms with Crippen LogP contribution in [0.4, 0.5) is 5.69 Å². The number of benzene rings is 4. The molecule has 0 atom stereocenters. The van der Waals surface area contributed by atoms with Gasteiger partial charge in [0.2, 0.25) is 6.08 Å². The van der Waals surface area contributed by atoms with Gasteiger partial charge in [0.1, 0.15) is 5.78 Å². The van der Waals surface area contributed by atoms with E-state index in [-0.39, 0.29) is 0 Å². The van der Waals surface area contributed by atoms with E-state index >= 15 is 0 Å². The number of carbonyl (C=O) groups is 1. The highest BCUT2D eigenvalue weighted by atomic mass is 16.1. The Labute approximate surface area is 431 Å². The molecule has 2 N–H and O–H groups in total. The number of rotatable bonds is 41. The normalized spacial score (nSPS) is 10.7. The second-order valence-corrected chi connectivity index (χ2v) is 20.2. The van der Waals surface area contributed by atoms with E-state index in [1.54, 1.807) is 6.08 Å². The topological polar surface area (TPSA) is 72.5 Å². The zero-order valence-corrected chi connectivity index (χ0v) is 45.1. The molecule has 0 amide bonds. The largest absolute Gasteiger partial charge is 0.398 e. The summed E-state index contributed by atoms with van der Waals surface area (Å²) in [5.74, 6) is 0.395. The van der Waals surface area contributed by atoms with Crippen molar-refractivity contribution in [2.45, 2.75) is 251 Å². The number of nitrogens with two attached hydrogens (primary N) is 1. The molecule has 0 saturated heterocycles. The number of nitrogens with zero attached hydrogens (tertiary/aromatic N) is 1. The zero-order chi connectivity index (χ0) is 50.1. The van der Waals surface area contributed by atoms with Crippen LogP contribution < -0.4 is 5.73 Å². The minimum atomic E-state index is 0.395. The lowest BCUT2D eigenvalue weighted by Crippen LogP contribution is -2.05. The fourth-order valence-electron chi connectivity index (χ4n) is 9.36. The van der Waals surface area contributed by atoms with Gasteiger partial charge in [0.25, 0.3) is 0 Å². The highest BCUT2D eigenvalue weighted by molar-refractivity contribution is 5.81. The van der Waals surface area contributed by atoms with Crippen molar-refractivity contribution >= 4 is 17.6 Å². The quantitative estimate of drug-likeness (QED) is 0.0208. The monoisotopic (exact) mass is 955 g/mol. The summed E-state index contributed by atoms with van der Waals surface area (Å²) in [6.07, 6.45) is 50.1. The van der Waals surface area contributed by atoms with Gasteiger partial charge in [0.05, 0.1) is 6.54 Å². The van der Waals surface area contributed by atoms with E-state index in [4.69, 9.17) is 5.73 Å². The Morgan fingerprint density at radius 2 is 0.700 bits per heavy atom. The molecular formula is C66H102N2O2. The van der Waals surface area contributed by atoms with Crippen LogP contribution in [0.25, 0.3) is 0 Å². The summed E-state index contributed by atoms with van der Waals surface area (Å²) in [7, 11) is 0.